The third-order valence-corrected chi connectivity index (χ3v) is 3.92. The fourth-order valence-electron chi connectivity index (χ4n) is 2.74. The van der Waals surface area contributed by atoms with Crippen LogP contribution in [0.5, 0.6) is 0 Å². The van der Waals surface area contributed by atoms with Crippen LogP contribution in [0.15, 0.2) is 0 Å². The first-order chi connectivity index (χ1) is 8.71. The lowest BCUT2D eigenvalue weighted by atomic mass is 9.98. The van der Waals surface area contributed by atoms with Crippen LogP contribution in [0.4, 0.5) is 0 Å². The van der Waals surface area contributed by atoms with E-state index in [1.54, 1.807) is 0 Å². The second kappa shape index (κ2) is 8.48. The number of carbonyl (C=O) groups is 1. The topological polar surface area (TPSA) is 49.6 Å². The average Bonchev–Trinajstić information content (AvgIpc) is 2.40. The van der Waals surface area contributed by atoms with Gasteiger partial charge >= 0.3 is 0 Å². The van der Waals surface area contributed by atoms with E-state index in [-0.39, 0.29) is 0 Å². The van der Waals surface area contributed by atoms with Crippen LogP contribution in [0.3, 0.4) is 0 Å². The molecule has 1 unspecified atom stereocenters. The number of piperidine rings is 1. The van der Waals surface area contributed by atoms with E-state index in [0.717, 1.165) is 39.1 Å². The Hall–Kier alpha value is -0.610. The van der Waals surface area contributed by atoms with Crippen molar-refractivity contribution in [1.82, 2.24) is 9.80 Å². The summed E-state index contributed by atoms with van der Waals surface area (Å²) in [5.74, 6) is 0.963. The molecule has 1 amide bonds. The second-order valence-corrected chi connectivity index (χ2v) is 5.21. The summed E-state index contributed by atoms with van der Waals surface area (Å²) >= 11 is 0. The molecule has 1 rings (SSSR count). The van der Waals surface area contributed by atoms with E-state index in [9.17, 15) is 4.79 Å². The molecule has 1 saturated heterocycles. The number of rotatable bonds is 7. The van der Waals surface area contributed by atoms with Crippen molar-refractivity contribution in [3.8, 4) is 0 Å². The first-order valence-corrected chi connectivity index (χ1v) is 7.41. The Kier molecular flexibility index (Phi) is 7.28. The zero-order chi connectivity index (χ0) is 13.4. The Morgan fingerprint density at radius 2 is 2.11 bits per heavy atom. The molecule has 106 valence electrons. The molecule has 4 nitrogen and oxygen atoms in total. The summed E-state index contributed by atoms with van der Waals surface area (Å²) in [4.78, 5) is 16.2. The van der Waals surface area contributed by atoms with Crippen LogP contribution < -0.4 is 5.73 Å². The Morgan fingerprint density at radius 1 is 1.39 bits per heavy atom. The molecule has 18 heavy (non-hydrogen) atoms. The molecule has 0 saturated carbocycles. The number of hydrogen-bond acceptors (Lipinski definition) is 3. The van der Waals surface area contributed by atoms with Crippen LogP contribution in [0.2, 0.25) is 0 Å². The summed E-state index contributed by atoms with van der Waals surface area (Å²) in [5, 5.41) is 0. The molecule has 1 heterocycles. The van der Waals surface area contributed by atoms with E-state index < -0.39 is 0 Å². The number of carbonyl (C=O) groups excluding carboxylic acids is 1. The minimum Gasteiger partial charge on any atom is -0.343 e. The first kappa shape index (κ1) is 15.4. The largest absolute Gasteiger partial charge is 0.343 e. The number of amides is 1. The van der Waals surface area contributed by atoms with Gasteiger partial charge in [0.05, 0.1) is 0 Å². The van der Waals surface area contributed by atoms with Crippen molar-refractivity contribution in [3.05, 3.63) is 0 Å². The maximum atomic E-state index is 11.9. The molecule has 4 heteroatoms. The lowest BCUT2D eigenvalue weighted by Crippen LogP contribution is -2.39. The van der Waals surface area contributed by atoms with Crippen LogP contribution in [0.1, 0.15) is 39.5 Å². The molecule has 2 N–H and O–H groups in total. The molecular formula is C14H29N3O. The van der Waals surface area contributed by atoms with Gasteiger partial charge in [0.1, 0.15) is 0 Å². The summed E-state index contributed by atoms with van der Waals surface area (Å²) in [5.41, 5.74) is 5.73. The predicted molar refractivity (Wildman–Crippen MR) is 75.4 cm³/mol. The molecule has 0 aliphatic carbocycles. The minimum absolute atomic E-state index is 0.299. The molecule has 0 aromatic rings. The Labute approximate surface area is 111 Å². The van der Waals surface area contributed by atoms with Gasteiger partial charge in [-0.3, -0.25) is 4.79 Å². The van der Waals surface area contributed by atoms with Gasteiger partial charge in [0, 0.05) is 26.1 Å². The predicted octanol–water partition coefficient (Wildman–Crippen LogP) is 1.31. The van der Waals surface area contributed by atoms with E-state index in [4.69, 9.17) is 5.73 Å². The lowest BCUT2D eigenvalue weighted by Gasteiger charge is -2.32. The smallest absolute Gasteiger partial charge is 0.222 e. The molecule has 1 fully saturated rings. The van der Waals surface area contributed by atoms with Gasteiger partial charge < -0.3 is 15.5 Å². The normalized spacial score (nSPS) is 20.9. The third kappa shape index (κ3) is 4.94. The van der Waals surface area contributed by atoms with Gasteiger partial charge in [-0.1, -0.05) is 0 Å². The maximum absolute atomic E-state index is 11.9. The quantitative estimate of drug-likeness (QED) is 0.746. The van der Waals surface area contributed by atoms with E-state index in [2.05, 4.69) is 4.90 Å². The summed E-state index contributed by atoms with van der Waals surface area (Å²) < 4.78 is 0. The summed E-state index contributed by atoms with van der Waals surface area (Å²) in [6.45, 7) is 9.88. The monoisotopic (exact) mass is 255 g/mol. The zero-order valence-corrected chi connectivity index (χ0v) is 12.0. The number of hydrogen-bond donors (Lipinski definition) is 1. The molecule has 0 spiro atoms. The first-order valence-electron chi connectivity index (χ1n) is 7.41. The Morgan fingerprint density at radius 3 is 2.72 bits per heavy atom. The van der Waals surface area contributed by atoms with Crippen molar-refractivity contribution in [2.24, 2.45) is 11.7 Å². The highest BCUT2D eigenvalue weighted by molar-refractivity contribution is 5.76. The molecule has 0 aromatic heterocycles. The fourth-order valence-corrected chi connectivity index (χ4v) is 2.74. The van der Waals surface area contributed by atoms with Crippen LogP contribution in [-0.4, -0.2) is 55.0 Å². The zero-order valence-electron chi connectivity index (χ0n) is 12.0. The van der Waals surface area contributed by atoms with Gasteiger partial charge in [-0.15, -0.1) is 0 Å². The van der Waals surface area contributed by atoms with Crippen LogP contribution in [0, 0.1) is 5.92 Å². The molecule has 0 aromatic carbocycles. The highest BCUT2D eigenvalue weighted by Crippen LogP contribution is 2.15. The van der Waals surface area contributed by atoms with Crippen LogP contribution in [0.25, 0.3) is 0 Å². The SMILES string of the molecule is CCN(CC)C(=O)CCCN1CCCC(CN)C1. The lowest BCUT2D eigenvalue weighted by molar-refractivity contribution is -0.131. The Bertz CT molecular complexity index is 241. The van der Waals surface area contributed by atoms with Gasteiger partial charge in [0.25, 0.3) is 0 Å². The van der Waals surface area contributed by atoms with Crippen molar-refractivity contribution >= 4 is 5.91 Å². The van der Waals surface area contributed by atoms with Crippen molar-refractivity contribution < 1.29 is 4.79 Å². The second-order valence-electron chi connectivity index (χ2n) is 5.21. The maximum Gasteiger partial charge on any atom is 0.222 e. The van der Waals surface area contributed by atoms with Crippen LogP contribution >= 0.6 is 0 Å². The number of nitrogens with zero attached hydrogens (tertiary/aromatic N) is 2. The van der Waals surface area contributed by atoms with Gasteiger partial charge in [-0.05, 0) is 58.7 Å². The number of likely N-dealkylation sites (tertiary alicyclic amines) is 1. The highest BCUT2D eigenvalue weighted by Gasteiger charge is 2.18. The molecule has 0 bridgehead atoms. The number of nitrogens with two attached hydrogens (primary N) is 1. The summed E-state index contributed by atoms with van der Waals surface area (Å²) in [6.07, 6.45) is 4.19. The van der Waals surface area contributed by atoms with Crippen LogP contribution in [-0.2, 0) is 4.79 Å². The van der Waals surface area contributed by atoms with Gasteiger partial charge in [0.15, 0.2) is 0 Å². The molecule has 1 atom stereocenters. The van der Waals surface area contributed by atoms with Crippen molar-refractivity contribution in [1.29, 1.82) is 0 Å². The minimum atomic E-state index is 0.299. The summed E-state index contributed by atoms with van der Waals surface area (Å²) in [7, 11) is 0. The van der Waals surface area contributed by atoms with Gasteiger partial charge in [-0.2, -0.15) is 0 Å². The van der Waals surface area contributed by atoms with E-state index >= 15 is 0 Å². The standard InChI is InChI=1S/C14H29N3O/c1-3-17(4-2)14(18)8-6-10-16-9-5-7-13(11-15)12-16/h13H,3-12,15H2,1-2H3. The van der Waals surface area contributed by atoms with E-state index in [1.807, 2.05) is 18.7 Å². The van der Waals surface area contributed by atoms with Crippen molar-refractivity contribution in [2.45, 2.75) is 39.5 Å². The Balaban J connectivity index is 2.19. The molecule has 1 aliphatic rings. The molecule has 0 radical (unpaired) electrons. The third-order valence-electron chi connectivity index (χ3n) is 3.92. The fraction of sp³-hybridized carbons (Fsp3) is 0.929. The van der Waals surface area contributed by atoms with Crippen molar-refractivity contribution in [2.75, 3.05) is 39.3 Å². The van der Waals surface area contributed by atoms with Crippen molar-refractivity contribution in [3.63, 3.8) is 0 Å². The summed E-state index contributed by atoms with van der Waals surface area (Å²) in [6, 6.07) is 0. The molecule has 1 aliphatic heterocycles. The van der Waals surface area contributed by atoms with E-state index in [1.165, 1.54) is 19.4 Å². The van der Waals surface area contributed by atoms with Gasteiger partial charge in [-0.25, -0.2) is 0 Å². The highest BCUT2D eigenvalue weighted by atomic mass is 16.2. The molecular weight excluding hydrogens is 226 g/mol. The average molecular weight is 255 g/mol. The van der Waals surface area contributed by atoms with Gasteiger partial charge in [0.2, 0.25) is 5.91 Å². The van der Waals surface area contributed by atoms with E-state index in [0.29, 0.717) is 18.2 Å².